The van der Waals surface area contributed by atoms with Crippen LogP contribution in [-0.4, -0.2) is 16.2 Å². The molecule has 4 nitrogen and oxygen atoms in total. The van der Waals surface area contributed by atoms with E-state index in [0.717, 1.165) is 0 Å². The van der Waals surface area contributed by atoms with Gasteiger partial charge in [-0.1, -0.05) is 0 Å². The van der Waals surface area contributed by atoms with E-state index in [1.807, 2.05) is 0 Å². The first kappa shape index (κ1) is 9.55. The molecule has 5 heteroatoms. The van der Waals surface area contributed by atoms with Crippen LogP contribution in [0.2, 0.25) is 0 Å². The maximum atomic E-state index is 9.99. The fourth-order valence-corrected chi connectivity index (χ4v) is 0.410. The normalized spacial score (nSPS) is 8.00. The molecule has 0 spiro atoms. The van der Waals surface area contributed by atoms with Gasteiger partial charge in [-0.15, -0.1) is 5.10 Å². The maximum Gasteiger partial charge on any atom is 1.00 e. The second kappa shape index (κ2) is 4.38. The van der Waals surface area contributed by atoms with Gasteiger partial charge in [-0.2, -0.15) is 5.10 Å². The van der Waals surface area contributed by atoms with E-state index in [2.05, 4.69) is 10.2 Å². The van der Waals surface area contributed by atoms with E-state index in [1.54, 1.807) is 0 Å². The number of hydrogen-bond acceptors (Lipinski definition) is 4. The van der Waals surface area contributed by atoms with Crippen LogP contribution < -0.4 is 34.7 Å². The Hall–Kier alpha value is -0.450. The van der Waals surface area contributed by atoms with Gasteiger partial charge < -0.3 is 9.90 Å². The van der Waals surface area contributed by atoms with Crippen LogP contribution in [0.4, 0.5) is 0 Å². The van der Waals surface area contributed by atoms with Crippen molar-refractivity contribution in [2.45, 2.75) is 0 Å². The van der Waals surface area contributed by atoms with Gasteiger partial charge in [0.05, 0.1) is 5.97 Å². The largest absolute Gasteiger partial charge is 1.00 e. The molecule has 0 unspecified atom stereocenters. The van der Waals surface area contributed by atoms with Crippen molar-refractivity contribution in [3.05, 3.63) is 24.0 Å². The summed E-state index contributed by atoms with van der Waals surface area (Å²) in [4.78, 5) is 9.99. The molecule has 0 saturated heterocycles. The molecule has 0 bridgehead atoms. The molecule has 1 rings (SSSR count). The number of aromatic carboxylic acids is 1. The first-order valence-corrected chi connectivity index (χ1v) is 2.30. The van der Waals surface area contributed by atoms with Gasteiger partial charge in [0, 0.05) is 6.20 Å². The molecule has 0 radical (unpaired) electrons. The first-order valence-electron chi connectivity index (χ1n) is 2.30. The van der Waals surface area contributed by atoms with E-state index in [0.29, 0.717) is 0 Å². The summed E-state index contributed by atoms with van der Waals surface area (Å²) in [6.07, 6.45) is 1.40. The summed E-state index contributed by atoms with van der Waals surface area (Å²) in [6.45, 7) is 0. The monoisotopic (exact) mass is 146 g/mol. The van der Waals surface area contributed by atoms with Crippen LogP contribution in [0.5, 0.6) is 0 Å². The Morgan fingerprint density at radius 3 is 2.60 bits per heavy atom. The van der Waals surface area contributed by atoms with Gasteiger partial charge in [-0.3, -0.25) is 0 Å². The minimum Gasteiger partial charge on any atom is -0.543 e. The summed E-state index contributed by atoms with van der Waals surface area (Å²) in [7, 11) is 0. The second-order valence-electron chi connectivity index (χ2n) is 1.40. The second-order valence-corrected chi connectivity index (χ2v) is 1.40. The van der Waals surface area contributed by atoms with Crippen LogP contribution in [0.15, 0.2) is 18.3 Å². The fourth-order valence-electron chi connectivity index (χ4n) is 0.410. The third kappa shape index (κ3) is 2.43. The van der Waals surface area contributed by atoms with Crippen molar-refractivity contribution >= 4 is 5.97 Å². The zero-order valence-corrected chi connectivity index (χ0v) is 7.44. The van der Waals surface area contributed by atoms with Gasteiger partial charge in [-0.25, -0.2) is 0 Å². The number of aromatic nitrogens is 2. The molecule has 0 aliphatic heterocycles. The van der Waals surface area contributed by atoms with E-state index >= 15 is 0 Å². The summed E-state index contributed by atoms with van der Waals surface area (Å²) >= 11 is 0. The third-order valence-corrected chi connectivity index (χ3v) is 0.781. The third-order valence-electron chi connectivity index (χ3n) is 0.781. The number of carboxylic acids is 1. The molecule has 1 aromatic rings. The molecule has 0 saturated carbocycles. The van der Waals surface area contributed by atoms with Gasteiger partial charge in [0.15, 0.2) is 0 Å². The summed E-state index contributed by atoms with van der Waals surface area (Å²) in [6, 6.07) is 2.81. The van der Waals surface area contributed by atoms with Crippen molar-refractivity contribution < 1.29 is 39.5 Å². The van der Waals surface area contributed by atoms with Crippen molar-refractivity contribution in [2.75, 3.05) is 0 Å². The molecule has 0 fully saturated rings. The molecule has 1 heterocycles. The van der Waals surface area contributed by atoms with Crippen LogP contribution in [0.25, 0.3) is 0 Å². The zero-order valence-electron chi connectivity index (χ0n) is 5.44. The minimum atomic E-state index is -1.30. The fraction of sp³-hybridized carbons (Fsp3) is 0. The van der Waals surface area contributed by atoms with E-state index in [4.69, 9.17) is 0 Å². The van der Waals surface area contributed by atoms with Crippen LogP contribution in [-0.2, 0) is 0 Å². The standard InChI is InChI=1S/C5H4N2O2.Na/c8-5(9)4-2-1-3-6-7-4;/h1-3H,(H,8,9);/q;+1/p-1. The number of carboxylic acid groups (broad SMARTS) is 1. The van der Waals surface area contributed by atoms with E-state index in [1.165, 1.54) is 18.3 Å². The van der Waals surface area contributed by atoms with E-state index in [9.17, 15) is 9.90 Å². The van der Waals surface area contributed by atoms with Gasteiger partial charge in [0.25, 0.3) is 0 Å². The Morgan fingerprint density at radius 2 is 2.30 bits per heavy atom. The number of hydrogen-bond donors (Lipinski definition) is 0. The summed E-state index contributed by atoms with van der Waals surface area (Å²) in [5, 5.41) is 16.6. The van der Waals surface area contributed by atoms with Gasteiger partial charge in [0.2, 0.25) is 0 Å². The first-order chi connectivity index (χ1) is 4.30. The smallest absolute Gasteiger partial charge is 0.543 e. The summed E-state index contributed by atoms with van der Waals surface area (Å²) < 4.78 is 0. The topological polar surface area (TPSA) is 65.9 Å². The van der Waals surface area contributed by atoms with E-state index in [-0.39, 0.29) is 35.3 Å². The minimum absolute atomic E-state index is 0. The van der Waals surface area contributed by atoms with E-state index < -0.39 is 5.97 Å². The summed E-state index contributed by atoms with van der Waals surface area (Å²) in [5.74, 6) is -1.30. The van der Waals surface area contributed by atoms with Crippen molar-refractivity contribution in [3.8, 4) is 0 Å². The average Bonchev–Trinajstić information content (AvgIpc) is 1.90. The molecule has 0 amide bonds. The molecule has 0 aliphatic carbocycles. The van der Waals surface area contributed by atoms with Crippen molar-refractivity contribution in [1.82, 2.24) is 10.2 Å². The number of carbonyl (C=O) groups excluding carboxylic acids is 1. The molecule has 10 heavy (non-hydrogen) atoms. The van der Waals surface area contributed by atoms with Crippen LogP contribution in [0.3, 0.4) is 0 Å². The molecule has 1 aromatic heterocycles. The van der Waals surface area contributed by atoms with Crippen molar-refractivity contribution in [1.29, 1.82) is 0 Å². The zero-order chi connectivity index (χ0) is 6.69. The Morgan fingerprint density at radius 1 is 1.60 bits per heavy atom. The predicted molar refractivity (Wildman–Crippen MR) is 26.4 cm³/mol. The van der Waals surface area contributed by atoms with Crippen LogP contribution >= 0.6 is 0 Å². The average molecular weight is 146 g/mol. The SMILES string of the molecule is O=C([O-])c1cccnn1.[Na+]. The Balaban J connectivity index is 0.000000810. The van der Waals surface area contributed by atoms with Gasteiger partial charge in [-0.05, 0) is 12.1 Å². The number of rotatable bonds is 1. The Kier molecular flexibility index (Phi) is 4.18. The maximum absolute atomic E-state index is 9.99. The van der Waals surface area contributed by atoms with Crippen LogP contribution in [0.1, 0.15) is 10.5 Å². The molecule has 0 aromatic carbocycles. The molecular formula is C5H3N2NaO2. The molecule has 0 N–H and O–H groups in total. The van der Waals surface area contributed by atoms with Crippen LogP contribution in [0, 0.1) is 0 Å². The Bertz CT molecular complexity index is 214. The van der Waals surface area contributed by atoms with Crippen molar-refractivity contribution in [3.63, 3.8) is 0 Å². The molecular weight excluding hydrogens is 143 g/mol. The summed E-state index contributed by atoms with van der Waals surface area (Å²) in [5.41, 5.74) is -0.141. The molecule has 0 atom stereocenters. The predicted octanol–water partition coefficient (Wildman–Crippen LogP) is -4.16. The van der Waals surface area contributed by atoms with Gasteiger partial charge in [0.1, 0.15) is 5.69 Å². The quantitative estimate of drug-likeness (QED) is 0.377. The molecule has 46 valence electrons. The van der Waals surface area contributed by atoms with Gasteiger partial charge >= 0.3 is 29.6 Å². The Labute approximate surface area is 79.6 Å². The van der Waals surface area contributed by atoms with Crippen molar-refractivity contribution in [2.24, 2.45) is 0 Å². The number of nitrogens with zero attached hydrogens (tertiary/aromatic N) is 2. The number of carbonyl (C=O) groups is 1. The molecule has 0 aliphatic rings.